The second-order valence-electron chi connectivity index (χ2n) is 3.66. The standard InChI is InChI=1S/C12H13FN4/c13-9-3-1-8(2-4-9)12(17-15)10-7-16-6-5-11(10)14/h1-7,12,17H,15H2,(H2,14,16). The van der Waals surface area contributed by atoms with Crippen LogP contribution in [0.2, 0.25) is 0 Å². The van der Waals surface area contributed by atoms with Gasteiger partial charge in [-0.1, -0.05) is 12.1 Å². The van der Waals surface area contributed by atoms with Crippen molar-refractivity contribution in [3.8, 4) is 0 Å². The largest absolute Gasteiger partial charge is 0.398 e. The third kappa shape index (κ3) is 2.41. The van der Waals surface area contributed by atoms with E-state index in [-0.39, 0.29) is 11.9 Å². The van der Waals surface area contributed by atoms with E-state index in [0.717, 1.165) is 11.1 Å². The number of halogens is 1. The molecule has 4 nitrogen and oxygen atoms in total. The molecule has 1 atom stereocenters. The summed E-state index contributed by atoms with van der Waals surface area (Å²) in [6, 6.07) is 7.48. The number of rotatable bonds is 3. The summed E-state index contributed by atoms with van der Waals surface area (Å²) in [6.45, 7) is 0. The molecule has 0 fully saturated rings. The molecule has 0 amide bonds. The van der Waals surface area contributed by atoms with Gasteiger partial charge in [-0.15, -0.1) is 0 Å². The average molecular weight is 232 g/mol. The summed E-state index contributed by atoms with van der Waals surface area (Å²) in [6.07, 6.45) is 3.25. The second-order valence-corrected chi connectivity index (χ2v) is 3.66. The molecular weight excluding hydrogens is 219 g/mol. The van der Waals surface area contributed by atoms with E-state index < -0.39 is 0 Å². The molecule has 0 aliphatic carbocycles. The molecule has 0 saturated carbocycles. The van der Waals surface area contributed by atoms with Gasteiger partial charge in [-0.05, 0) is 23.8 Å². The van der Waals surface area contributed by atoms with Crippen LogP contribution in [0.25, 0.3) is 0 Å². The number of nitrogens with zero attached hydrogens (tertiary/aromatic N) is 1. The van der Waals surface area contributed by atoms with Crippen molar-refractivity contribution in [2.45, 2.75) is 6.04 Å². The first-order valence-corrected chi connectivity index (χ1v) is 5.13. The Bertz CT molecular complexity index is 498. The van der Waals surface area contributed by atoms with Gasteiger partial charge in [0.15, 0.2) is 0 Å². The summed E-state index contributed by atoms with van der Waals surface area (Å²) in [7, 11) is 0. The zero-order chi connectivity index (χ0) is 12.3. The van der Waals surface area contributed by atoms with E-state index in [1.54, 1.807) is 30.6 Å². The Kier molecular flexibility index (Phi) is 3.32. The molecule has 17 heavy (non-hydrogen) atoms. The molecule has 88 valence electrons. The molecule has 0 spiro atoms. The van der Waals surface area contributed by atoms with E-state index in [4.69, 9.17) is 11.6 Å². The molecule has 1 aromatic heterocycles. The van der Waals surface area contributed by atoms with Crippen LogP contribution in [0.5, 0.6) is 0 Å². The summed E-state index contributed by atoms with van der Waals surface area (Å²) in [5.41, 5.74) is 10.7. The Hall–Kier alpha value is -1.98. The van der Waals surface area contributed by atoms with E-state index in [1.807, 2.05) is 0 Å². The van der Waals surface area contributed by atoms with Crippen LogP contribution in [-0.4, -0.2) is 4.98 Å². The van der Waals surface area contributed by atoms with Gasteiger partial charge in [0.1, 0.15) is 5.82 Å². The minimum atomic E-state index is -0.302. The molecule has 0 radical (unpaired) electrons. The van der Waals surface area contributed by atoms with Gasteiger partial charge in [-0.3, -0.25) is 10.8 Å². The highest BCUT2D eigenvalue weighted by Gasteiger charge is 2.15. The van der Waals surface area contributed by atoms with Crippen molar-refractivity contribution in [2.24, 2.45) is 5.84 Å². The van der Waals surface area contributed by atoms with Crippen LogP contribution in [-0.2, 0) is 0 Å². The molecule has 5 heteroatoms. The molecule has 2 aromatic rings. The highest BCUT2D eigenvalue weighted by atomic mass is 19.1. The van der Waals surface area contributed by atoms with Gasteiger partial charge in [-0.25, -0.2) is 9.82 Å². The molecule has 0 saturated heterocycles. The number of hydrogen-bond acceptors (Lipinski definition) is 4. The van der Waals surface area contributed by atoms with Crippen LogP contribution in [0.3, 0.4) is 0 Å². The predicted molar refractivity (Wildman–Crippen MR) is 64.2 cm³/mol. The highest BCUT2D eigenvalue weighted by molar-refractivity contribution is 5.49. The van der Waals surface area contributed by atoms with Crippen LogP contribution in [0.1, 0.15) is 17.2 Å². The number of anilines is 1. The topological polar surface area (TPSA) is 77.0 Å². The Morgan fingerprint density at radius 1 is 1.18 bits per heavy atom. The van der Waals surface area contributed by atoms with Gasteiger partial charge in [0.2, 0.25) is 0 Å². The van der Waals surface area contributed by atoms with E-state index >= 15 is 0 Å². The number of pyridine rings is 1. The third-order valence-electron chi connectivity index (χ3n) is 2.57. The van der Waals surface area contributed by atoms with E-state index in [0.29, 0.717) is 5.69 Å². The minimum Gasteiger partial charge on any atom is -0.398 e. The highest BCUT2D eigenvalue weighted by Crippen LogP contribution is 2.25. The zero-order valence-electron chi connectivity index (χ0n) is 9.10. The number of benzene rings is 1. The van der Waals surface area contributed by atoms with E-state index in [9.17, 15) is 4.39 Å². The normalized spacial score (nSPS) is 12.4. The van der Waals surface area contributed by atoms with E-state index in [2.05, 4.69) is 10.4 Å². The Balaban J connectivity index is 2.40. The number of nitrogens with two attached hydrogens (primary N) is 2. The van der Waals surface area contributed by atoms with Gasteiger partial charge < -0.3 is 5.73 Å². The first kappa shape index (κ1) is 11.5. The summed E-state index contributed by atoms with van der Waals surface area (Å²) >= 11 is 0. The second kappa shape index (κ2) is 4.90. The van der Waals surface area contributed by atoms with Gasteiger partial charge >= 0.3 is 0 Å². The summed E-state index contributed by atoms with van der Waals surface area (Å²) < 4.78 is 12.8. The molecule has 0 aliphatic heterocycles. The van der Waals surface area contributed by atoms with Crippen molar-refractivity contribution in [3.63, 3.8) is 0 Å². The molecule has 1 unspecified atom stereocenters. The maximum Gasteiger partial charge on any atom is 0.123 e. The van der Waals surface area contributed by atoms with Crippen LogP contribution >= 0.6 is 0 Å². The smallest absolute Gasteiger partial charge is 0.123 e. The van der Waals surface area contributed by atoms with E-state index in [1.165, 1.54) is 12.1 Å². The van der Waals surface area contributed by atoms with Crippen molar-refractivity contribution in [3.05, 3.63) is 59.7 Å². The molecule has 1 aromatic carbocycles. The zero-order valence-corrected chi connectivity index (χ0v) is 9.10. The number of hydrazine groups is 1. The van der Waals surface area contributed by atoms with Crippen molar-refractivity contribution in [1.82, 2.24) is 10.4 Å². The van der Waals surface area contributed by atoms with Gasteiger partial charge in [0, 0.05) is 23.6 Å². The first-order valence-electron chi connectivity index (χ1n) is 5.13. The maximum absolute atomic E-state index is 12.8. The van der Waals surface area contributed by atoms with Crippen LogP contribution in [0.15, 0.2) is 42.7 Å². The monoisotopic (exact) mass is 232 g/mol. The van der Waals surface area contributed by atoms with Crippen LogP contribution < -0.4 is 17.0 Å². The van der Waals surface area contributed by atoms with Gasteiger partial charge in [-0.2, -0.15) is 0 Å². The lowest BCUT2D eigenvalue weighted by atomic mass is 9.99. The summed E-state index contributed by atoms with van der Waals surface area (Å²) in [5.74, 6) is 5.23. The number of nitrogen functional groups attached to an aromatic ring is 1. The molecule has 0 bridgehead atoms. The SMILES string of the molecule is NNC(c1ccc(F)cc1)c1cnccc1N. The fourth-order valence-corrected chi connectivity index (χ4v) is 1.68. The van der Waals surface area contributed by atoms with Crippen LogP contribution in [0, 0.1) is 5.82 Å². The predicted octanol–water partition coefficient (Wildman–Crippen LogP) is 1.36. The van der Waals surface area contributed by atoms with Gasteiger partial charge in [0.25, 0.3) is 0 Å². The van der Waals surface area contributed by atoms with Crippen molar-refractivity contribution < 1.29 is 4.39 Å². The first-order chi connectivity index (χ1) is 8.22. The quantitative estimate of drug-likeness (QED) is 0.551. The van der Waals surface area contributed by atoms with Gasteiger partial charge in [0.05, 0.1) is 6.04 Å². The van der Waals surface area contributed by atoms with Crippen molar-refractivity contribution in [1.29, 1.82) is 0 Å². The lowest BCUT2D eigenvalue weighted by Gasteiger charge is -2.18. The Morgan fingerprint density at radius 2 is 1.88 bits per heavy atom. The Morgan fingerprint density at radius 3 is 2.47 bits per heavy atom. The lowest BCUT2D eigenvalue weighted by molar-refractivity contribution is 0.615. The number of nitrogens with one attached hydrogen (secondary N) is 1. The van der Waals surface area contributed by atoms with Crippen molar-refractivity contribution in [2.75, 3.05) is 5.73 Å². The Labute approximate surface area is 98.4 Å². The average Bonchev–Trinajstić information content (AvgIpc) is 2.35. The lowest BCUT2D eigenvalue weighted by Crippen LogP contribution is -2.29. The molecule has 0 aliphatic rings. The fourth-order valence-electron chi connectivity index (χ4n) is 1.68. The minimum absolute atomic E-state index is 0.288. The number of aromatic nitrogens is 1. The molecule has 1 heterocycles. The maximum atomic E-state index is 12.8. The molecular formula is C12H13FN4. The number of hydrogen-bond donors (Lipinski definition) is 3. The fraction of sp³-hybridized carbons (Fsp3) is 0.0833. The molecule has 2 rings (SSSR count). The summed E-state index contributed by atoms with van der Waals surface area (Å²) in [5, 5.41) is 0. The van der Waals surface area contributed by atoms with Crippen molar-refractivity contribution >= 4 is 5.69 Å². The third-order valence-corrected chi connectivity index (χ3v) is 2.57. The molecule has 5 N–H and O–H groups in total. The van der Waals surface area contributed by atoms with Crippen LogP contribution in [0.4, 0.5) is 10.1 Å². The summed E-state index contributed by atoms with van der Waals surface area (Å²) in [4.78, 5) is 4.01.